The molecule has 124 valence electrons. The highest BCUT2D eigenvalue weighted by atomic mass is 79.9. The van der Waals surface area contributed by atoms with E-state index in [0.29, 0.717) is 11.5 Å². The van der Waals surface area contributed by atoms with Crippen molar-refractivity contribution in [2.24, 2.45) is 0 Å². The Kier molecular flexibility index (Phi) is 5.01. The van der Waals surface area contributed by atoms with Gasteiger partial charge in [0.2, 0.25) is 5.76 Å². The van der Waals surface area contributed by atoms with Gasteiger partial charge in [-0.25, -0.2) is 9.78 Å². The van der Waals surface area contributed by atoms with Gasteiger partial charge >= 0.3 is 5.97 Å². The summed E-state index contributed by atoms with van der Waals surface area (Å²) in [4.78, 5) is 16.4. The fourth-order valence-corrected chi connectivity index (χ4v) is 3.29. The standard InChI is InChI=1S/C17H14BrNO4S/c1-10-3-5-15(23-10)17(20)22-8-12-9-24-16(19-12)13-7-11(18)4-6-14(13)21-2/h3-7,9H,8H2,1-2H3. The van der Waals surface area contributed by atoms with Crippen molar-refractivity contribution < 1.29 is 18.7 Å². The maximum atomic E-state index is 11.9. The van der Waals surface area contributed by atoms with Crippen LogP contribution in [0.4, 0.5) is 0 Å². The van der Waals surface area contributed by atoms with Gasteiger partial charge in [0.05, 0.1) is 18.4 Å². The molecule has 0 fully saturated rings. The zero-order chi connectivity index (χ0) is 17.1. The summed E-state index contributed by atoms with van der Waals surface area (Å²) in [5, 5.41) is 2.66. The highest BCUT2D eigenvalue weighted by molar-refractivity contribution is 9.10. The van der Waals surface area contributed by atoms with Gasteiger partial charge in [0.25, 0.3) is 0 Å². The van der Waals surface area contributed by atoms with Gasteiger partial charge in [-0.2, -0.15) is 0 Å². The van der Waals surface area contributed by atoms with E-state index in [1.807, 2.05) is 23.6 Å². The van der Waals surface area contributed by atoms with Crippen LogP contribution in [0.2, 0.25) is 0 Å². The van der Waals surface area contributed by atoms with Gasteiger partial charge < -0.3 is 13.9 Å². The first-order valence-electron chi connectivity index (χ1n) is 7.08. The first kappa shape index (κ1) is 16.7. The summed E-state index contributed by atoms with van der Waals surface area (Å²) in [7, 11) is 1.62. The average Bonchev–Trinajstić information content (AvgIpc) is 3.21. The second kappa shape index (κ2) is 7.19. The molecule has 3 aromatic rings. The lowest BCUT2D eigenvalue weighted by atomic mass is 10.2. The summed E-state index contributed by atoms with van der Waals surface area (Å²) < 4.78 is 16.8. The van der Waals surface area contributed by atoms with E-state index in [-0.39, 0.29) is 12.4 Å². The molecule has 0 N–H and O–H groups in total. The summed E-state index contributed by atoms with van der Waals surface area (Å²) in [6.45, 7) is 1.86. The number of benzene rings is 1. The van der Waals surface area contributed by atoms with Crippen molar-refractivity contribution in [2.45, 2.75) is 13.5 Å². The Labute approximate surface area is 151 Å². The molecule has 0 saturated carbocycles. The Hall–Kier alpha value is -2.12. The lowest BCUT2D eigenvalue weighted by Crippen LogP contribution is -2.04. The quantitative estimate of drug-likeness (QED) is 0.566. The molecule has 0 spiro atoms. The Morgan fingerprint density at radius 3 is 2.88 bits per heavy atom. The van der Waals surface area contributed by atoms with Crippen LogP contribution in [0.5, 0.6) is 5.75 Å². The molecule has 0 bridgehead atoms. The number of carbonyl (C=O) groups is 1. The predicted octanol–water partition coefficient (Wildman–Crippen LogP) is 4.84. The van der Waals surface area contributed by atoms with Crippen LogP contribution in [-0.4, -0.2) is 18.1 Å². The van der Waals surface area contributed by atoms with Crippen LogP contribution >= 0.6 is 27.3 Å². The summed E-state index contributed by atoms with van der Waals surface area (Å²) in [5.74, 6) is 1.09. The van der Waals surface area contributed by atoms with Crippen LogP contribution in [0, 0.1) is 6.92 Å². The molecule has 0 aliphatic rings. The number of methoxy groups -OCH3 is 1. The third-order valence-corrected chi connectivity index (χ3v) is 4.65. The molecule has 0 saturated heterocycles. The molecular formula is C17H14BrNO4S. The van der Waals surface area contributed by atoms with E-state index in [9.17, 15) is 4.79 Å². The van der Waals surface area contributed by atoms with Crippen LogP contribution in [0.25, 0.3) is 10.6 Å². The first-order chi connectivity index (χ1) is 11.6. The van der Waals surface area contributed by atoms with E-state index in [1.165, 1.54) is 11.3 Å². The number of rotatable bonds is 5. The van der Waals surface area contributed by atoms with Crippen LogP contribution in [0.1, 0.15) is 22.0 Å². The smallest absolute Gasteiger partial charge is 0.374 e. The van der Waals surface area contributed by atoms with Gasteiger partial charge in [0, 0.05) is 9.85 Å². The molecule has 3 rings (SSSR count). The van der Waals surface area contributed by atoms with Crippen LogP contribution in [-0.2, 0) is 11.3 Å². The molecule has 2 aromatic heterocycles. The molecule has 2 heterocycles. The number of thiazole rings is 1. The summed E-state index contributed by atoms with van der Waals surface area (Å²) >= 11 is 4.91. The van der Waals surface area contributed by atoms with Gasteiger partial charge in [-0.05, 0) is 37.3 Å². The Balaban J connectivity index is 1.72. The zero-order valence-corrected chi connectivity index (χ0v) is 15.4. The lowest BCUT2D eigenvalue weighted by molar-refractivity contribution is 0.0430. The topological polar surface area (TPSA) is 61.6 Å². The van der Waals surface area contributed by atoms with Crippen molar-refractivity contribution in [3.8, 4) is 16.3 Å². The summed E-state index contributed by atoms with van der Waals surface area (Å²) in [6.07, 6.45) is 0. The van der Waals surface area contributed by atoms with Crippen molar-refractivity contribution in [3.05, 3.63) is 57.4 Å². The van der Waals surface area contributed by atoms with Crippen molar-refractivity contribution >= 4 is 33.2 Å². The summed E-state index contributed by atoms with van der Waals surface area (Å²) in [6, 6.07) is 9.04. The molecular weight excluding hydrogens is 394 g/mol. The van der Waals surface area contributed by atoms with Crippen molar-refractivity contribution in [1.29, 1.82) is 0 Å². The minimum atomic E-state index is -0.502. The number of nitrogens with zero attached hydrogens (tertiary/aromatic N) is 1. The molecule has 0 radical (unpaired) electrons. The largest absolute Gasteiger partial charge is 0.496 e. The maximum absolute atomic E-state index is 11.9. The Morgan fingerprint density at radius 2 is 2.17 bits per heavy atom. The first-order valence-corrected chi connectivity index (χ1v) is 8.76. The number of esters is 1. The fraction of sp³-hybridized carbons (Fsp3) is 0.176. The molecule has 5 nitrogen and oxygen atoms in total. The SMILES string of the molecule is COc1ccc(Br)cc1-c1nc(COC(=O)c2ccc(C)o2)cs1. The monoisotopic (exact) mass is 407 g/mol. The predicted molar refractivity (Wildman–Crippen MR) is 94.4 cm³/mol. The van der Waals surface area contributed by atoms with E-state index in [4.69, 9.17) is 13.9 Å². The number of furan rings is 1. The number of halogens is 1. The number of aromatic nitrogens is 1. The van der Waals surface area contributed by atoms with Gasteiger partial charge in [0.1, 0.15) is 23.1 Å². The molecule has 0 atom stereocenters. The maximum Gasteiger partial charge on any atom is 0.374 e. The molecule has 1 aromatic carbocycles. The highest BCUT2D eigenvalue weighted by Gasteiger charge is 2.14. The second-order valence-electron chi connectivity index (χ2n) is 4.98. The summed E-state index contributed by atoms with van der Waals surface area (Å²) in [5.41, 5.74) is 1.56. The van der Waals surface area contributed by atoms with E-state index in [2.05, 4.69) is 20.9 Å². The van der Waals surface area contributed by atoms with Gasteiger partial charge in [-0.3, -0.25) is 0 Å². The van der Waals surface area contributed by atoms with Crippen molar-refractivity contribution in [3.63, 3.8) is 0 Å². The van der Waals surface area contributed by atoms with Crippen molar-refractivity contribution in [1.82, 2.24) is 4.98 Å². The van der Waals surface area contributed by atoms with Gasteiger partial charge in [-0.1, -0.05) is 15.9 Å². The molecule has 0 aliphatic carbocycles. The minimum Gasteiger partial charge on any atom is -0.496 e. The van der Waals surface area contributed by atoms with Gasteiger partial charge in [-0.15, -0.1) is 11.3 Å². The molecule has 24 heavy (non-hydrogen) atoms. The molecule has 0 amide bonds. The Morgan fingerprint density at radius 1 is 1.33 bits per heavy atom. The van der Waals surface area contributed by atoms with Gasteiger partial charge in [0.15, 0.2) is 0 Å². The Bertz CT molecular complexity index is 871. The van der Waals surface area contributed by atoms with E-state index in [1.54, 1.807) is 26.2 Å². The lowest BCUT2D eigenvalue weighted by Gasteiger charge is -2.06. The second-order valence-corrected chi connectivity index (χ2v) is 6.75. The average molecular weight is 408 g/mol. The molecule has 0 unspecified atom stereocenters. The number of ether oxygens (including phenoxy) is 2. The van der Waals surface area contributed by atoms with Crippen LogP contribution in [0.15, 0.2) is 44.6 Å². The third-order valence-electron chi connectivity index (χ3n) is 3.24. The van der Waals surface area contributed by atoms with Crippen LogP contribution < -0.4 is 4.74 Å². The molecule has 0 aliphatic heterocycles. The third kappa shape index (κ3) is 3.68. The number of hydrogen-bond acceptors (Lipinski definition) is 6. The fourth-order valence-electron chi connectivity index (χ4n) is 2.10. The van der Waals surface area contributed by atoms with Crippen LogP contribution in [0.3, 0.4) is 0 Å². The number of carbonyl (C=O) groups excluding carboxylic acids is 1. The number of hydrogen-bond donors (Lipinski definition) is 0. The normalized spacial score (nSPS) is 10.6. The number of aryl methyl sites for hydroxylation is 1. The van der Waals surface area contributed by atoms with E-state index in [0.717, 1.165) is 20.8 Å². The van der Waals surface area contributed by atoms with E-state index < -0.39 is 5.97 Å². The molecule has 7 heteroatoms. The highest BCUT2D eigenvalue weighted by Crippen LogP contribution is 2.34. The minimum absolute atomic E-state index is 0.0887. The van der Waals surface area contributed by atoms with Crippen molar-refractivity contribution in [2.75, 3.05) is 7.11 Å². The zero-order valence-electron chi connectivity index (χ0n) is 13.0. The van der Waals surface area contributed by atoms with E-state index >= 15 is 0 Å².